The summed E-state index contributed by atoms with van der Waals surface area (Å²) >= 11 is 0. The van der Waals surface area contributed by atoms with E-state index in [4.69, 9.17) is 5.73 Å². The zero-order valence-corrected chi connectivity index (χ0v) is 4.80. The zero-order chi connectivity index (χ0) is 6.24. The molecule has 0 unspecified atom stereocenters. The van der Waals surface area contributed by atoms with Gasteiger partial charge in [0.25, 0.3) is 0 Å². The van der Waals surface area contributed by atoms with Crippen LogP contribution in [-0.2, 0) is 0 Å². The summed E-state index contributed by atoms with van der Waals surface area (Å²) < 4.78 is 0. The molecule has 0 aliphatic rings. The minimum atomic E-state index is 0.572. The van der Waals surface area contributed by atoms with Crippen molar-refractivity contribution >= 4 is 6.34 Å². The molecular formula is C5H11N3. The topological polar surface area (TPSA) is 50.4 Å². The van der Waals surface area contributed by atoms with Gasteiger partial charge in [-0.1, -0.05) is 6.08 Å². The van der Waals surface area contributed by atoms with Crippen molar-refractivity contribution in [3.63, 3.8) is 0 Å². The van der Waals surface area contributed by atoms with E-state index < -0.39 is 0 Å². The number of hydrogen-bond donors (Lipinski definition) is 2. The standard InChI is InChI=1S/C5H11N3/c1-2-3-7-5-8-4-6/h2,4,7H,1,3,5H2,(H2,6,8). The molecule has 0 rings (SSSR count). The largest absolute Gasteiger partial charge is 0.390 e. The monoisotopic (exact) mass is 113 g/mol. The van der Waals surface area contributed by atoms with Gasteiger partial charge >= 0.3 is 0 Å². The number of aliphatic imine (C=N–C) groups is 1. The summed E-state index contributed by atoms with van der Waals surface area (Å²) in [6.45, 7) is 4.86. The van der Waals surface area contributed by atoms with Crippen molar-refractivity contribution in [3.05, 3.63) is 12.7 Å². The second kappa shape index (κ2) is 6.17. The second-order valence-electron chi connectivity index (χ2n) is 1.23. The number of rotatable bonds is 4. The van der Waals surface area contributed by atoms with Gasteiger partial charge in [-0.3, -0.25) is 10.3 Å². The molecule has 3 heteroatoms. The van der Waals surface area contributed by atoms with Crippen LogP contribution in [0.15, 0.2) is 17.6 Å². The highest BCUT2D eigenvalue weighted by molar-refractivity contribution is 5.50. The summed E-state index contributed by atoms with van der Waals surface area (Å²) in [7, 11) is 0. The summed E-state index contributed by atoms with van der Waals surface area (Å²) in [5.41, 5.74) is 4.95. The van der Waals surface area contributed by atoms with Crippen molar-refractivity contribution < 1.29 is 0 Å². The third-order valence-corrected chi connectivity index (χ3v) is 0.597. The van der Waals surface area contributed by atoms with Crippen LogP contribution in [0.2, 0.25) is 0 Å². The lowest BCUT2D eigenvalue weighted by Crippen LogP contribution is -2.13. The third-order valence-electron chi connectivity index (χ3n) is 0.597. The van der Waals surface area contributed by atoms with Crippen LogP contribution in [0.4, 0.5) is 0 Å². The highest BCUT2D eigenvalue weighted by Gasteiger charge is 1.71. The maximum absolute atomic E-state index is 4.95. The second-order valence-corrected chi connectivity index (χ2v) is 1.23. The molecule has 0 aromatic heterocycles. The molecule has 0 aromatic carbocycles. The first kappa shape index (κ1) is 7.17. The summed E-state index contributed by atoms with van der Waals surface area (Å²) in [4.78, 5) is 3.70. The van der Waals surface area contributed by atoms with Gasteiger partial charge in [0.15, 0.2) is 0 Å². The van der Waals surface area contributed by atoms with Gasteiger partial charge in [-0.25, -0.2) is 0 Å². The van der Waals surface area contributed by atoms with Crippen LogP contribution >= 0.6 is 0 Å². The van der Waals surface area contributed by atoms with Crippen LogP contribution in [0.3, 0.4) is 0 Å². The lowest BCUT2D eigenvalue weighted by atomic mass is 10.6. The number of nitrogens with zero attached hydrogens (tertiary/aromatic N) is 1. The Morgan fingerprint density at radius 3 is 3.00 bits per heavy atom. The van der Waals surface area contributed by atoms with Gasteiger partial charge in [-0.05, 0) is 0 Å². The van der Waals surface area contributed by atoms with Gasteiger partial charge in [0.1, 0.15) is 0 Å². The van der Waals surface area contributed by atoms with E-state index in [-0.39, 0.29) is 0 Å². The van der Waals surface area contributed by atoms with Gasteiger partial charge in [0.05, 0.1) is 13.0 Å². The smallest absolute Gasteiger partial charge is 0.0904 e. The molecule has 0 heterocycles. The van der Waals surface area contributed by atoms with E-state index in [2.05, 4.69) is 16.9 Å². The van der Waals surface area contributed by atoms with Gasteiger partial charge in [-0.15, -0.1) is 6.58 Å². The molecule has 0 atom stereocenters. The molecule has 0 aliphatic carbocycles. The Morgan fingerprint density at radius 2 is 2.50 bits per heavy atom. The quantitative estimate of drug-likeness (QED) is 0.228. The number of nitrogens with one attached hydrogen (secondary N) is 1. The van der Waals surface area contributed by atoms with E-state index in [9.17, 15) is 0 Å². The van der Waals surface area contributed by atoms with Gasteiger partial charge in [0.2, 0.25) is 0 Å². The van der Waals surface area contributed by atoms with Crippen molar-refractivity contribution in [2.24, 2.45) is 10.7 Å². The average Bonchev–Trinajstić information content (AvgIpc) is 1.81. The lowest BCUT2D eigenvalue weighted by molar-refractivity contribution is 0.779. The maximum atomic E-state index is 4.95. The fourth-order valence-corrected chi connectivity index (χ4v) is 0.284. The molecule has 0 spiro atoms. The molecule has 0 amide bonds. The summed E-state index contributed by atoms with van der Waals surface area (Å²) in [5.74, 6) is 0. The van der Waals surface area contributed by atoms with E-state index >= 15 is 0 Å². The molecule has 0 bridgehead atoms. The number of hydrogen-bond acceptors (Lipinski definition) is 2. The van der Waals surface area contributed by atoms with E-state index in [1.165, 1.54) is 6.34 Å². The van der Waals surface area contributed by atoms with E-state index in [1.807, 2.05) is 0 Å². The van der Waals surface area contributed by atoms with Crippen molar-refractivity contribution in [1.29, 1.82) is 0 Å². The average molecular weight is 113 g/mol. The summed E-state index contributed by atoms with van der Waals surface area (Å²) in [5, 5.41) is 2.94. The Morgan fingerprint density at radius 1 is 1.75 bits per heavy atom. The van der Waals surface area contributed by atoms with Crippen LogP contribution in [0.25, 0.3) is 0 Å². The summed E-state index contributed by atoms with van der Waals surface area (Å²) in [6.07, 6.45) is 3.04. The minimum absolute atomic E-state index is 0.572. The fraction of sp³-hybridized carbons (Fsp3) is 0.400. The van der Waals surface area contributed by atoms with Crippen LogP contribution in [0.1, 0.15) is 0 Å². The Labute approximate surface area is 49.3 Å². The van der Waals surface area contributed by atoms with Crippen LogP contribution < -0.4 is 11.1 Å². The SMILES string of the molecule is C=CCNCN=CN. The molecule has 0 fully saturated rings. The van der Waals surface area contributed by atoms with Gasteiger partial charge in [0, 0.05) is 6.54 Å². The molecule has 0 aliphatic heterocycles. The van der Waals surface area contributed by atoms with E-state index in [1.54, 1.807) is 6.08 Å². The van der Waals surface area contributed by atoms with Gasteiger partial charge < -0.3 is 5.73 Å². The molecule has 8 heavy (non-hydrogen) atoms. The molecule has 0 saturated carbocycles. The Balaban J connectivity index is 2.82. The van der Waals surface area contributed by atoms with Crippen molar-refractivity contribution in [2.75, 3.05) is 13.2 Å². The highest BCUT2D eigenvalue weighted by Crippen LogP contribution is 1.60. The molecule has 3 N–H and O–H groups in total. The first-order chi connectivity index (χ1) is 3.91. The number of nitrogens with two attached hydrogens (primary N) is 1. The lowest BCUT2D eigenvalue weighted by Gasteiger charge is -1.91. The van der Waals surface area contributed by atoms with Crippen molar-refractivity contribution in [1.82, 2.24) is 5.32 Å². The third kappa shape index (κ3) is 5.17. The normalized spacial score (nSPS) is 10.0. The van der Waals surface area contributed by atoms with E-state index in [0.717, 1.165) is 6.54 Å². The van der Waals surface area contributed by atoms with Gasteiger partial charge in [-0.2, -0.15) is 0 Å². The molecule has 0 saturated heterocycles. The van der Waals surface area contributed by atoms with Crippen LogP contribution in [-0.4, -0.2) is 19.6 Å². The Kier molecular flexibility index (Phi) is 5.53. The van der Waals surface area contributed by atoms with Crippen molar-refractivity contribution in [2.45, 2.75) is 0 Å². The van der Waals surface area contributed by atoms with E-state index in [0.29, 0.717) is 6.67 Å². The fourth-order valence-electron chi connectivity index (χ4n) is 0.284. The first-order valence-electron chi connectivity index (χ1n) is 2.43. The maximum Gasteiger partial charge on any atom is 0.0904 e. The molecule has 3 nitrogen and oxygen atoms in total. The zero-order valence-electron chi connectivity index (χ0n) is 4.80. The van der Waals surface area contributed by atoms with Crippen LogP contribution in [0.5, 0.6) is 0 Å². The highest BCUT2D eigenvalue weighted by atomic mass is 15.0. The first-order valence-corrected chi connectivity index (χ1v) is 2.43. The molecule has 46 valence electrons. The molecule has 0 aromatic rings. The molecule has 0 radical (unpaired) electrons. The minimum Gasteiger partial charge on any atom is -0.390 e. The predicted molar refractivity (Wildman–Crippen MR) is 35.7 cm³/mol. The van der Waals surface area contributed by atoms with Crippen molar-refractivity contribution in [3.8, 4) is 0 Å². The Bertz CT molecular complexity index is 77.7. The Hall–Kier alpha value is -0.830. The predicted octanol–water partition coefficient (Wildman–Crippen LogP) is -0.294. The van der Waals surface area contributed by atoms with Crippen LogP contribution in [0, 0.1) is 0 Å². The molecular weight excluding hydrogens is 102 g/mol. The summed E-state index contributed by atoms with van der Waals surface area (Å²) in [6, 6.07) is 0.